The molecule has 3 rings (SSSR count). The molecule has 5 nitrogen and oxygen atoms in total. The van der Waals surface area contributed by atoms with Crippen LogP contribution in [-0.2, 0) is 13.6 Å². The quantitative estimate of drug-likeness (QED) is 0.920. The summed E-state index contributed by atoms with van der Waals surface area (Å²) in [6, 6.07) is 3.04. The fourth-order valence-corrected chi connectivity index (χ4v) is 3.25. The topological polar surface area (TPSA) is 47.7 Å². The summed E-state index contributed by atoms with van der Waals surface area (Å²) in [4.78, 5) is 0. The van der Waals surface area contributed by atoms with Gasteiger partial charge in [0.05, 0.1) is 17.4 Å². The summed E-state index contributed by atoms with van der Waals surface area (Å²) in [5.41, 5.74) is 3.47. The van der Waals surface area contributed by atoms with Gasteiger partial charge in [-0.2, -0.15) is 10.2 Å². The van der Waals surface area contributed by atoms with Gasteiger partial charge in [0, 0.05) is 37.6 Å². The van der Waals surface area contributed by atoms with Crippen LogP contribution in [0.3, 0.4) is 0 Å². The van der Waals surface area contributed by atoms with Crippen molar-refractivity contribution in [1.29, 1.82) is 0 Å². The maximum absolute atomic E-state index is 4.72. The van der Waals surface area contributed by atoms with Crippen LogP contribution in [0.25, 0.3) is 0 Å². The van der Waals surface area contributed by atoms with Crippen LogP contribution in [0.15, 0.2) is 18.5 Å². The molecule has 1 atom stereocenters. The smallest absolute Gasteiger partial charge is 0.0762 e. The van der Waals surface area contributed by atoms with Crippen molar-refractivity contribution in [3.63, 3.8) is 0 Å². The molecule has 0 aliphatic heterocycles. The first-order chi connectivity index (χ1) is 10.1. The van der Waals surface area contributed by atoms with E-state index in [2.05, 4.69) is 47.4 Å². The molecule has 114 valence electrons. The maximum Gasteiger partial charge on any atom is 0.0762 e. The summed E-state index contributed by atoms with van der Waals surface area (Å²) >= 11 is 0. The highest BCUT2D eigenvalue weighted by Gasteiger charge is 2.18. The van der Waals surface area contributed by atoms with E-state index < -0.39 is 0 Å². The molecule has 1 fully saturated rings. The van der Waals surface area contributed by atoms with E-state index >= 15 is 0 Å². The molecule has 0 amide bonds. The van der Waals surface area contributed by atoms with Gasteiger partial charge in [-0.25, -0.2) is 0 Å². The summed E-state index contributed by atoms with van der Waals surface area (Å²) in [6.07, 6.45) is 9.46. The van der Waals surface area contributed by atoms with Gasteiger partial charge in [0.1, 0.15) is 0 Å². The molecule has 1 N–H and O–H groups in total. The summed E-state index contributed by atoms with van der Waals surface area (Å²) in [5.74, 6) is 0. The lowest BCUT2D eigenvalue weighted by Crippen LogP contribution is -2.19. The number of nitrogens with one attached hydrogen (secondary N) is 1. The van der Waals surface area contributed by atoms with Crippen molar-refractivity contribution in [2.45, 2.75) is 58.2 Å². The highest BCUT2D eigenvalue weighted by atomic mass is 15.3. The number of rotatable bonds is 5. The van der Waals surface area contributed by atoms with Crippen molar-refractivity contribution in [3.05, 3.63) is 35.4 Å². The molecule has 0 spiro atoms. The number of aryl methyl sites for hydroxylation is 2. The van der Waals surface area contributed by atoms with Crippen molar-refractivity contribution in [1.82, 2.24) is 24.9 Å². The third-order valence-corrected chi connectivity index (χ3v) is 4.47. The Bertz CT molecular complexity index is 592. The van der Waals surface area contributed by atoms with E-state index in [4.69, 9.17) is 5.10 Å². The van der Waals surface area contributed by atoms with Crippen molar-refractivity contribution in [2.24, 2.45) is 7.05 Å². The lowest BCUT2D eigenvalue weighted by Gasteiger charge is -2.12. The average molecular weight is 287 g/mol. The molecule has 21 heavy (non-hydrogen) atoms. The summed E-state index contributed by atoms with van der Waals surface area (Å²) < 4.78 is 4.03. The van der Waals surface area contributed by atoms with Crippen LogP contribution in [0.2, 0.25) is 0 Å². The van der Waals surface area contributed by atoms with Crippen LogP contribution < -0.4 is 5.32 Å². The number of hydrogen-bond donors (Lipinski definition) is 1. The Morgan fingerprint density at radius 1 is 1.33 bits per heavy atom. The molecule has 2 aromatic rings. The molecule has 0 bridgehead atoms. The second kappa shape index (κ2) is 6.02. The minimum atomic E-state index is 0.287. The Labute approximate surface area is 126 Å². The molecule has 2 aromatic heterocycles. The Morgan fingerprint density at radius 2 is 2.10 bits per heavy atom. The maximum atomic E-state index is 4.72. The molecular formula is C16H25N5. The second-order valence-electron chi connectivity index (χ2n) is 6.17. The molecule has 1 aliphatic carbocycles. The molecule has 1 aliphatic rings. The Kier molecular flexibility index (Phi) is 4.10. The van der Waals surface area contributed by atoms with Crippen molar-refractivity contribution < 1.29 is 0 Å². The first-order valence-electron chi connectivity index (χ1n) is 7.91. The standard InChI is InChI=1S/C16H25N5/c1-12(16-11-20(3)18-13(16)2)17-10-14-8-9-21(19-14)15-6-4-5-7-15/h8-9,11-12,15,17H,4-7,10H2,1-3H3. The number of aromatic nitrogens is 4. The Hall–Kier alpha value is -1.62. The number of hydrogen-bond acceptors (Lipinski definition) is 3. The van der Waals surface area contributed by atoms with E-state index in [1.807, 2.05) is 11.7 Å². The minimum Gasteiger partial charge on any atom is -0.304 e. The van der Waals surface area contributed by atoms with E-state index in [9.17, 15) is 0 Å². The van der Waals surface area contributed by atoms with Gasteiger partial charge in [0.15, 0.2) is 0 Å². The van der Waals surface area contributed by atoms with E-state index in [1.54, 1.807) is 0 Å². The van der Waals surface area contributed by atoms with Gasteiger partial charge in [-0.3, -0.25) is 9.36 Å². The molecule has 1 unspecified atom stereocenters. The Morgan fingerprint density at radius 3 is 2.76 bits per heavy atom. The average Bonchev–Trinajstić information content (AvgIpc) is 3.15. The van der Waals surface area contributed by atoms with Crippen LogP contribution in [0.1, 0.15) is 61.6 Å². The van der Waals surface area contributed by atoms with Crippen LogP contribution in [0.4, 0.5) is 0 Å². The second-order valence-corrected chi connectivity index (χ2v) is 6.17. The van der Waals surface area contributed by atoms with Crippen LogP contribution >= 0.6 is 0 Å². The van der Waals surface area contributed by atoms with Gasteiger partial charge in [-0.05, 0) is 32.8 Å². The third-order valence-electron chi connectivity index (χ3n) is 4.47. The van der Waals surface area contributed by atoms with Gasteiger partial charge < -0.3 is 5.32 Å². The third kappa shape index (κ3) is 3.18. The fraction of sp³-hybridized carbons (Fsp3) is 0.625. The molecule has 2 heterocycles. The normalized spacial score (nSPS) is 17.5. The zero-order valence-corrected chi connectivity index (χ0v) is 13.2. The summed E-state index contributed by atoms with van der Waals surface area (Å²) in [6.45, 7) is 5.04. The van der Waals surface area contributed by atoms with E-state index in [0.29, 0.717) is 6.04 Å². The zero-order chi connectivity index (χ0) is 14.8. The molecule has 0 radical (unpaired) electrons. The van der Waals surface area contributed by atoms with Crippen LogP contribution in [-0.4, -0.2) is 19.6 Å². The lowest BCUT2D eigenvalue weighted by atomic mass is 10.1. The van der Waals surface area contributed by atoms with Crippen LogP contribution in [0.5, 0.6) is 0 Å². The van der Waals surface area contributed by atoms with Gasteiger partial charge in [0.2, 0.25) is 0 Å². The number of nitrogens with zero attached hydrogens (tertiary/aromatic N) is 4. The first kappa shape index (κ1) is 14.3. The summed E-state index contributed by atoms with van der Waals surface area (Å²) in [5, 5.41) is 12.7. The van der Waals surface area contributed by atoms with Gasteiger partial charge in [-0.1, -0.05) is 12.8 Å². The Balaban J connectivity index is 1.58. The molecule has 0 aromatic carbocycles. The predicted octanol–water partition coefficient (Wildman–Crippen LogP) is 2.89. The monoisotopic (exact) mass is 287 g/mol. The fourth-order valence-electron chi connectivity index (χ4n) is 3.25. The van der Waals surface area contributed by atoms with Gasteiger partial charge >= 0.3 is 0 Å². The minimum absolute atomic E-state index is 0.287. The largest absolute Gasteiger partial charge is 0.304 e. The van der Waals surface area contributed by atoms with Crippen LogP contribution in [0, 0.1) is 6.92 Å². The highest BCUT2D eigenvalue weighted by Crippen LogP contribution is 2.28. The van der Waals surface area contributed by atoms with Gasteiger partial charge in [0.25, 0.3) is 0 Å². The van der Waals surface area contributed by atoms with Crippen molar-refractivity contribution >= 4 is 0 Å². The van der Waals surface area contributed by atoms with E-state index in [1.165, 1.54) is 31.2 Å². The molecule has 0 saturated heterocycles. The zero-order valence-electron chi connectivity index (χ0n) is 13.2. The van der Waals surface area contributed by atoms with Gasteiger partial charge in [-0.15, -0.1) is 0 Å². The summed E-state index contributed by atoms with van der Waals surface area (Å²) in [7, 11) is 1.96. The van der Waals surface area contributed by atoms with E-state index in [0.717, 1.165) is 17.9 Å². The first-order valence-corrected chi connectivity index (χ1v) is 7.91. The SMILES string of the molecule is Cc1nn(C)cc1C(C)NCc1ccn(C2CCCC2)n1. The predicted molar refractivity (Wildman–Crippen MR) is 82.9 cm³/mol. The van der Waals surface area contributed by atoms with E-state index in [-0.39, 0.29) is 6.04 Å². The lowest BCUT2D eigenvalue weighted by molar-refractivity contribution is 0.458. The molecular weight excluding hydrogens is 262 g/mol. The van der Waals surface area contributed by atoms with Crippen molar-refractivity contribution in [3.8, 4) is 0 Å². The highest BCUT2D eigenvalue weighted by molar-refractivity contribution is 5.19. The molecule has 1 saturated carbocycles. The van der Waals surface area contributed by atoms with Crippen molar-refractivity contribution in [2.75, 3.05) is 0 Å². The molecule has 5 heteroatoms.